The lowest BCUT2D eigenvalue weighted by Gasteiger charge is -2.17. The summed E-state index contributed by atoms with van der Waals surface area (Å²) in [6.07, 6.45) is 1.76. The van der Waals surface area contributed by atoms with Gasteiger partial charge in [-0.3, -0.25) is 9.59 Å². The van der Waals surface area contributed by atoms with Crippen LogP contribution in [0.15, 0.2) is 24.3 Å². The third-order valence-corrected chi connectivity index (χ3v) is 3.23. The molecule has 1 aromatic carbocycles. The second kappa shape index (κ2) is 9.00. The van der Waals surface area contributed by atoms with E-state index < -0.39 is 0 Å². The van der Waals surface area contributed by atoms with E-state index in [9.17, 15) is 9.59 Å². The normalized spacial score (nSPS) is 10.0. The number of carbonyl (C=O) groups is 2. The largest absolute Gasteiger partial charge is 0.483 e. The minimum Gasteiger partial charge on any atom is -0.483 e. The molecule has 1 aromatic rings. The Bertz CT molecular complexity index is 473. The Morgan fingerprint density at radius 2 is 1.95 bits per heavy atom. The van der Waals surface area contributed by atoms with Crippen LogP contribution in [0.25, 0.3) is 0 Å². The van der Waals surface area contributed by atoms with Crippen LogP contribution in [-0.2, 0) is 20.7 Å². The average molecular weight is 293 g/mol. The number of esters is 1. The zero-order valence-electron chi connectivity index (χ0n) is 12.9. The van der Waals surface area contributed by atoms with Crippen molar-refractivity contribution in [1.82, 2.24) is 4.90 Å². The minimum atomic E-state index is -0.260. The van der Waals surface area contributed by atoms with Gasteiger partial charge in [0, 0.05) is 20.0 Å². The molecule has 0 aliphatic carbocycles. The number of rotatable bonds is 8. The molecule has 0 N–H and O–H groups in total. The summed E-state index contributed by atoms with van der Waals surface area (Å²) in [6.45, 7) is 2.56. The third kappa shape index (κ3) is 5.85. The Labute approximate surface area is 125 Å². The van der Waals surface area contributed by atoms with Gasteiger partial charge in [-0.05, 0) is 24.5 Å². The molecule has 116 valence electrons. The Hall–Kier alpha value is -2.04. The standard InChI is InChI=1S/C16H23NO4/c1-4-13-8-5-6-9-14(13)21-12-15(18)17(2)11-7-10-16(19)20-3/h5-6,8-9H,4,7,10-12H2,1-3H3. The molecular weight excluding hydrogens is 270 g/mol. The van der Waals surface area contributed by atoms with Crippen molar-refractivity contribution in [1.29, 1.82) is 0 Å². The highest BCUT2D eigenvalue weighted by Gasteiger charge is 2.11. The van der Waals surface area contributed by atoms with Gasteiger partial charge in [-0.15, -0.1) is 0 Å². The van der Waals surface area contributed by atoms with Gasteiger partial charge in [0.2, 0.25) is 0 Å². The lowest BCUT2D eigenvalue weighted by atomic mass is 10.1. The second-order valence-corrected chi connectivity index (χ2v) is 4.74. The molecule has 5 nitrogen and oxygen atoms in total. The molecule has 0 unspecified atom stereocenters. The minimum absolute atomic E-state index is 0.00569. The van der Waals surface area contributed by atoms with Gasteiger partial charge in [0.25, 0.3) is 5.91 Å². The number of hydrogen-bond acceptors (Lipinski definition) is 4. The fourth-order valence-electron chi connectivity index (χ4n) is 1.87. The van der Waals surface area contributed by atoms with Crippen molar-refractivity contribution < 1.29 is 19.1 Å². The fraction of sp³-hybridized carbons (Fsp3) is 0.500. The Balaban J connectivity index is 2.37. The molecule has 0 aliphatic heterocycles. The quantitative estimate of drug-likeness (QED) is 0.688. The van der Waals surface area contributed by atoms with Gasteiger partial charge < -0.3 is 14.4 Å². The first-order valence-electron chi connectivity index (χ1n) is 7.10. The van der Waals surface area contributed by atoms with Crippen molar-refractivity contribution in [2.24, 2.45) is 0 Å². The number of nitrogens with zero attached hydrogens (tertiary/aromatic N) is 1. The maximum atomic E-state index is 11.9. The van der Waals surface area contributed by atoms with E-state index in [0.29, 0.717) is 19.4 Å². The van der Waals surface area contributed by atoms with Gasteiger partial charge in [0.1, 0.15) is 5.75 Å². The van der Waals surface area contributed by atoms with Crippen molar-refractivity contribution in [3.05, 3.63) is 29.8 Å². The first-order chi connectivity index (χ1) is 10.1. The van der Waals surface area contributed by atoms with E-state index in [1.54, 1.807) is 11.9 Å². The first-order valence-corrected chi connectivity index (χ1v) is 7.10. The van der Waals surface area contributed by atoms with E-state index in [-0.39, 0.29) is 18.5 Å². The van der Waals surface area contributed by atoms with Gasteiger partial charge in [-0.25, -0.2) is 0 Å². The zero-order chi connectivity index (χ0) is 15.7. The number of methoxy groups -OCH3 is 1. The highest BCUT2D eigenvalue weighted by molar-refractivity contribution is 5.77. The summed E-state index contributed by atoms with van der Waals surface area (Å²) in [5.74, 6) is 0.381. The van der Waals surface area contributed by atoms with Gasteiger partial charge in [-0.2, -0.15) is 0 Å². The summed E-state index contributed by atoms with van der Waals surface area (Å²) in [7, 11) is 3.06. The molecule has 0 aliphatic rings. The van der Waals surface area contributed by atoms with Crippen molar-refractivity contribution in [3.63, 3.8) is 0 Å². The molecule has 0 saturated carbocycles. The number of ether oxygens (including phenoxy) is 2. The summed E-state index contributed by atoms with van der Waals surface area (Å²) in [5.41, 5.74) is 1.08. The maximum Gasteiger partial charge on any atom is 0.305 e. The van der Waals surface area contributed by atoms with Crippen LogP contribution in [0.5, 0.6) is 5.75 Å². The molecule has 0 saturated heterocycles. The van der Waals surface area contributed by atoms with Crippen LogP contribution in [-0.4, -0.2) is 44.1 Å². The van der Waals surface area contributed by atoms with Crippen LogP contribution in [0.3, 0.4) is 0 Å². The van der Waals surface area contributed by atoms with Crippen molar-refractivity contribution in [2.45, 2.75) is 26.2 Å². The van der Waals surface area contributed by atoms with Crippen molar-refractivity contribution in [3.8, 4) is 5.75 Å². The van der Waals surface area contributed by atoms with E-state index in [4.69, 9.17) is 4.74 Å². The number of benzene rings is 1. The zero-order valence-corrected chi connectivity index (χ0v) is 12.9. The topological polar surface area (TPSA) is 55.8 Å². The van der Waals surface area contributed by atoms with Crippen LogP contribution < -0.4 is 4.74 Å². The summed E-state index contributed by atoms with van der Waals surface area (Å²) in [4.78, 5) is 24.5. The SMILES string of the molecule is CCc1ccccc1OCC(=O)N(C)CCCC(=O)OC. The van der Waals surface area contributed by atoms with Crippen LogP contribution in [0.2, 0.25) is 0 Å². The lowest BCUT2D eigenvalue weighted by Crippen LogP contribution is -2.32. The van der Waals surface area contributed by atoms with E-state index in [1.807, 2.05) is 31.2 Å². The predicted octanol–water partition coefficient (Wildman–Crippen LogP) is 2.04. The van der Waals surface area contributed by atoms with Gasteiger partial charge in [0.15, 0.2) is 6.61 Å². The number of aryl methyl sites for hydroxylation is 1. The van der Waals surface area contributed by atoms with E-state index >= 15 is 0 Å². The Kier molecular flexibility index (Phi) is 7.29. The number of hydrogen-bond donors (Lipinski definition) is 0. The van der Waals surface area contributed by atoms with Crippen LogP contribution in [0.1, 0.15) is 25.3 Å². The van der Waals surface area contributed by atoms with Gasteiger partial charge >= 0.3 is 5.97 Å². The number of para-hydroxylation sites is 1. The first kappa shape index (κ1) is 17.0. The van der Waals surface area contributed by atoms with E-state index in [0.717, 1.165) is 17.7 Å². The molecule has 0 heterocycles. The summed E-state index contributed by atoms with van der Waals surface area (Å²) < 4.78 is 10.1. The molecule has 21 heavy (non-hydrogen) atoms. The number of carbonyl (C=O) groups excluding carboxylic acids is 2. The molecule has 0 radical (unpaired) electrons. The molecule has 1 rings (SSSR count). The van der Waals surface area contributed by atoms with Gasteiger partial charge in [0.05, 0.1) is 7.11 Å². The predicted molar refractivity (Wildman–Crippen MR) is 80.2 cm³/mol. The molecule has 0 bridgehead atoms. The summed E-state index contributed by atoms with van der Waals surface area (Å²) >= 11 is 0. The van der Waals surface area contributed by atoms with Crippen molar-refractivity contribution in [2.75, 3.05) is 27.3 Å². The van der Waals surface area contributed by atoms with Crippen LogP contribution in [0.4, 0.5) is 0 Å². The highest BCUT2D eigenvalue weighted by Crippen LogP contribution is 2.18. The Morgan fingerprint density at radius 3 is 2.62 bits per heavy atom. The Morgan fingerprint density at radius 1 is 1.24 bits per heavy atom. The lowest BCUT2D eigenvalue weighted by molar-refractivity contribution is -0.141. The molecular formula is C16H23NO4. The van der Waals surface area contributed by atoms with Crippen molar-refractivity contribution >= 4 is 11.9 Å². The molecule has 0 atom stereocenters. The highest BCUT2D eigenvalue weighted by atomic mass is 16.5. The average Bonchev–Trinajstić information content (AvgIpc) is 2.52. The van der Waals surface area contributed by atoms with E-state index in [2.05, 4.69) is 4.74 Å². The smallest absolute Gasteiger partial charge is 0.305 e. The monoisotopic (exact) mass is 293 g/mol. The van der Waals surface area contributed by atoms with Gasteiger partial charge in [-0.1, -0.05) is 25.1 Å². The molecule has 0 fully saturated rings. The second-order valence-electron chi connectivity index (χ2n) is 4.74. The molecule has 0 spiro atoms. The number of amides is 1. The molecule has 1 amide bonds. The van der Waals surface area contributed by atoms with E-state index in [1.165, 1.54) is 7.11 Å². The van der Waals surface area contributed by atoms with Crippen LogP contribution in [0, 0.1) is 0 Å². The molecule has 0 aromatic heterocycles. The fourth-order valence-corrected chi connectivity index (χ4v) is 1.87. The number of likely N-dealkylation sites (N-methyl/N-ethyl adjacent to an activating group) is 1. The van der Waals surface area contributed by atoms with Crippen LogP contribution >= 0.6 is 0 Å². The summed E-state index contributed by atoms with van der Waals surface area (Å²) in [6, 6.07) is 7.69. The molecule has 5 heteroatoms. The maximum absolute atomic E-state index is 11.9. The summed E-state index contributed by atoms with van der Waals surface area (Å²) in [5, 5.41) is 0. The third-order valence-electron chi connectivity index (χ3n) is 3.23.